The van der Waals surface area contributed by atoms with Crippen LogP contribution in [0.1, 0.15) is 13.3 Å². The van der Waals surface area contributed by atoms with Gasteiger partial charge in [-0.25, -0.2) is 0 Å². The zero-order valence-corrected chi connectivity index (χ0v) is 11.4. The van der Waals surface area contributed by atoms with E-state index in [0.29, 0.717) is 21.6 Å². The van der Waals surface area contributed by atoms with Crippen molar-refractivity contribution in [2.24, 2.45) is 0 Å². The molecule has 0 unspecified atom stereocenters. The number of nitrogens with one attached hydrogen (secondary N) is 1. The molecular weight excluding hydrogens is 279 g/mol. The van der Waals surface area contributed by atoms with Gasteiger partial charge in [0.15, 0.2) is 5.11 Å². The van der Waals surface area contributed by atoms with E-state index in [-0.39, 0.29) is 11.9 Å². The molecule has 0 spiro atoms. The first-order valence-electron chi connectivity index (χ1n) is 5.07. The zero-order chi connectivity index (χ0) is 12.6. The molecule has 1 aromatic rings. The van der Waals surface area contributed by atoms with Crippen LogP contribution in [0.2, 0.25) is 10.0 Å². The lowest BCUT2D eigenvalue weighted by Crippen LogP contribution is -2.54. The van der Waals surface area contributed by atoms with Gasteiger partial charge in [0.2, 0.25) is 5.91 Å². The first kappa shape index (κ1) is 12.6. The van der Waals surface area contributed by atoms with Gasteiger partial charge in [-0.2, -0.15) is 0 Å². The lowest BCUT2D eigenvalue weighted by Gasteiger charge is -2.35. The minimum Gasteiger partial charge on any atom is -0.315 e. The molecule has 1 saturated heterocycles. The Morgan fingerprint density at radius 1 is 1.41 bits per heavy atom. The van der Waals surface area contributed by atoms with Crippen LogP contribution in [-0.2, 0) is 4.79 Å². The SMILES string of the molecule is C[C@@H]1CC(=O)NC(=S)N1c1ccc(Cl)c(Cl)c1. The van der Waals surface area contributed by atoms with Crippen LogP contribution in [-0.4, -0.2) is 17.1 Å². The summed E-state index contributed by atoms with van der Waals surface area (Å²) in [5.74, 6) is -0.0567. The molecule has 0 aromatic heterocycles. The Kier molecular flexibility index (Phi) is 3.56. The molecule has 0 aliphatic carbocycles. The van der Waals surface area contributed by atoms with Crippen molar-refractivity contribution >= 4 is 52.1 Å². The van der Waals surface area contributed by atoms with E-state index in [1.54, 1.807) is 12.1 Å². The van der Waals surface area contributed by atoms with Crippen molar-refractivity contribution in [3.8, 4) is 0 Å². The quantitative estimate of drug-likeness (QED) is 0.807. The summed E-state index contributed by atoms with van der Waals surface area (Å²) in [6, 6.07) is 5.29. The van der Waals surface area contributed by atoms with E-state index in [4.69, 9.17) is 35.4 Å². The Labute approximate surface area is 115 Å². The molecule has 1 aliphatic rings. The van der Waals surface area contributed by atoms with Crippen molar-refractivity contribution in [2.45, 2.75) is 19.4 Å². The van der Waals surface area contributed by atoms with Gasteiger partial charge < -0.3 is 10.2 Å². The van der Waals surface area contributed by atoms with Crippen LogP contribution in [0, 0.1) is 0 Å². The molecule has 3 nitrogen and oxygen atoms in total. The Balaban J connectivity index is 2.35. The van der Waals surface area contributed by atoms with Crippen molar-refractivity contribution in [3.63, 3.8) is 0 Å². The Hall–Kier alpha value is -0.840. The van der Waals surface area contributed by atoms with Gasteiger partial charge in [0.25, 0.3) is 0 Å². The number of thiocarbonyl (C=S) groups is 1. The topological polar surface area (TPSA) is 32.3 Å². The molecule has 0 saturated carbocycles. The summed E-state index contributed by atoms with van der Waals surface area (Å²) in [5.41, 5.74) is 0.830. The van der Waals surface area contributed by atoms with E-state index in [2.05, 4.69) is 5.32 Å². The molecule has 1 heterocycles. The van der Waals surface area contributed by atoms with E-state index in [1.165, 1.54) is 0 Å². The third kappa shape index (κ3) is 2.54. The molecule has 17 heavy (non-hydrogen) atoms. The molecule has 1 aliphatic heterocycles. The fraction of sp³-hybridized carbons (Fsp3) is 0.273. The molecule has 1 amide bonds. The number of rotatable bonds is 1. The van der Waals surface area contributed by atoms with Gasteiger partial charge in [0.1, 0.15) is 0 Å². The van der Waals surface area contributed by atoms with Gasteiger partial charge >= 0.3 is 0 Å². The summed E-state index contributed by atoms with van der Waals surface area (Å²) < 4.78 is 0. The summed E-state index contributed by atoms with van der Waals surface area (Å²) in [5, 5.41) is 3.99. The highest BCUT2D eigenvalue weighted by Crippen LogP contribution is 2.29. The minimum absolute atomic E-state index is 0.00786. The Morgan fingerprint density at radius 2 is 2.12 bits per heavy atom. The fourth-order valence-electron chi connectivity index (χ4n) is 1.80. The number of carbonyl (C=O) groups is 1. The van der Waals surface area contributed by atoms with Gasteiger partial charge in [-0.05, 0) is 37.3 Å². The van der Waals surface area contributed by atoms with Gasteiger partial charge in [0.05, 0.1) is 10.0 Å². The van der Waals surface area contributed by atoms with Crippen LogP contribution in [0.25, 0.3) is 0 Å². The van der Waals surface area contributed by atoms with Crippen LogP contribution in [0.15, 0.2) is 18.2 Å². The number of nitrogens with zero attached hydrogens (tertiary/aromatic N) is 1. The van der Waals surface area contributed by atoms with E-state index < -0.39 is 0 Å². The maximum Gasteiger partial charge on any atom is 0.228 e. The smallest absolute Gasteiger partial charge is 0.228 e. The second-order valence-electron chi connectivity index (χ2n) is 3.87. The van der Waals surface area contributed by atoms with Crippen molar-refractivity contribution in [1.82, 2.24) is 5.32 Å². The van der Waals surface area contributed by atoms with E-state index in [1.807, 2.05) is 17.9 Å². The van der Waals surface area contributed by atoms with Crippen molar-refractivity contribution in [2.75, 3.05) is 4.90 Å². The Morgan fingerprint density at radius 3 is 2.71 bits per heavy atom. The van der Waals surface area contributed by atoms with E-state index in [0.717, 1.165) is 5.69 Å². The molecule has 1 aromatic carbocycles. The number of amides is 1. The van der Waals surface area contributed by atoms with Crippen LogP contribution in [0.3, 0.4) is 0 Å². The summed E-state index contributed by atoms with van der Waals surface area (Å²) >= 11 is 17.0. The average molecular weight is 289 g/mol. The molecule has 1 fully saturated rings. The predicted octanol–water partition coefficient (Wildman–Crippen LogP) is 2.99. The standard InChI is InChI=1S/C11H10Cl2N2OS/c1-6-4-10(16)14-11(17)15(6)7-2-3-8(12)9(13)5-7/h2-3,5-6H,4H2,1H3,(H,14,16,17)/t6-/m1/s1. The number of halogens is 2. The normalized spacial score (nSPS) is 20.4. The molecule has 0 radical (unpaired) electrons. The second-order valence-corrected chi connectivity index (χ2v) is 5.08. The summed E-state index contributed by atoms with van der Waals surface area (Å²) in [7, 11) is 0. The van der Waals surface area contributed by atoms with E-state index >= 15 is 0 Å². The van der Waals surface area contributed by atoms with Crippen LogP contribution in [0.5, 0.6) is 0 Å². The summed E-state index contributed by atoms with van der Waals surface area (Å²) in [6.45, 7) is 1.94. The van der Waals surface area contributed by atoms with Crippen molar-refractivity contribution in [3.05, 3.63) is 28.2 Å². The molecule has 2 rings (SSSR count). The lowest BCUT2D eigenvalue weighted by atomic mass is 10.1. The fourth-order valence-corrected chi connectivity index (χ4v) is 2.49. The third-order valence-corrected chi connectivity index (χ3v) is 3.61. The first-order valence-corrected chi connectivity index (χ1v) is 6.23. The maximum atomic E-state index is 11.3. The molecule has 90 valence electrons. The van der Waals surface area contributed by atoms with Gasteiger partial charge in [0, 0.05) is 18.2 Å². The van der Waals surface area contributed by atoms with Gasteiger partial charge in [-0.1, -0.05) is 23.2 Å². The number of carbonyl (C=O) groups excluding carboxylic acids is 1. The zero-order valence-electron chi connectivity index (χ0n) is 9.04. The third-order valence-electron chi connectivity index (χ3n) is 2.57. The molecule has 1 atom stereocenters. The first-order chi connectivity index (χ1) is 7.99. The highest BCUT2D eigenvalue weighted by Gasteiger charge is 2.28. The molecular formula is C11H10Cl2N2OS. The predicted molar refractivity (Wildman–Crippen MR) is 73.8 cm³/mol. The van der Waals surface area contributed by atoms with Gasteiger partial charge in [-0.15, -0.1) is 0 Å². The molecule has 1 N–H and O–H groups in total. The number of hydrogen-bond acceptors (Lipinski definition) is 2. The number of benzene rings is 1. The average Bonchev–Trinajstić information content (AvgIpc) is 2.21. The molecule has 0 bridgehead atoms. The van der Waals surface area contributed by atoms with Crippen LogP contribution >= 0.6 is 35.4 Å². The van der Waals surface area contributed by atoms with Crippen molar-refractivity contribution < 1.29 is 4.79 Å². The minimum atomic E-state index is -0.0567. The largest absolute Gasteiger partial charge is 0.315 e. The molecule has 6 heteroatoms. The highest BCUT2D eigenvalue weighted by atomic mass is 35.5. The second kappa shape index (κ2) is 4.80. The number of anilines is 1. The monoisotopic (exact) mass is 288 g/mol. The summed E-state index contributed by atoms with van der Waals surface area (Å²) in [4.78, 5) is 13.2. The maximum absolute atomic E-state index is 11.3. The number of hydrogen-bond donors (Lipinski definition) is 1. The van der Waals surface area contributed by atoms with E-state index in [9.17, 15) is 4.79 Å². The van der Waals surface area contributed by atoms with Crippen molar-refractivity contribution in [1.29, 1.82) is 0 Å². The Bertz CT molecular complexity index is 492. The van der Waals surface area contributed by atoms with Crippen LogP contribution in [0.4, 0.5) is 5.69 Å². The lowest BCUT2D eigenvalue weighted by molar-refractivity contribution is -0.120. The van der Waals surface area contributed by atoms with Crippen LogP contribution < -0.4 is 10.2 Å². The van der Waals surface area contributed by atoms with Gasteiger partial charge in [-0.3, -0.25) is 4.79 Å². The highest BCUT2D eigenvalue weighted by molar-refractivity contribution is 7.80. The summed E-state index contributed by atoms with van der Waals surface area (Å²) in [6.07, 6.45) is 0.403.